The first-order valence-corrected chi connectivity index (χ1v) is 6.86. The summed E-state index contributed by atoms with van der Waals surface area (Å²) in [4.78, 5) is 10.1. The van der Waals surface area contributed by atoms with Crippen LogP contribution in [-0.4, -0.2) is 9.97 Å². The summed E-state index contributed by atoms with van der Waals surface area (Å²) in [6.07, 6.45) is 1.78. The molecule has 0 spiro atoms. The molecule has 2 aromatic heterocycles. The quantitative estimate of drug-likeness (QED) is 0.792. The van der Waals surface area contributed by atoms with Crippen molar-refractivity contribution in [2.24, 2.45) is 5.73 Å². The molecule has 0 saturated heterocycles. The highest BCUT2D eigenvalue weighted by Gasteiger charge is 2.13. The summed E-state index contributed by atoms with van der Waals surface area (Å²) in [5.41, 5.74) is 8.78. The van der Waals surface area contributed by atoms with Crippen molar-refractivity contribution in [3.05, 3.63) is 60.4 Å². The first-order valence-electron chi connectivity index (χ1n) is 6.05. The van der Waals surface area contributed by atoms with Gasteiger partial charge in [-0.1, -0.05) is 36.4 Å². The molecule has 0 saturated carbocycles. The molecule has 0 aliphatic carbocycles. The Hall–Kier alpha value is -2.04. The average molecular weight is 267 g/mol. The Kier molecular flexibility index (Phi) is 3.35. The third-order valence-electron chi connectivity index (χ3n) is 2.81. The maximum atomic E-state index is 5.80. The summed E-state index contributed by atoms with van der Waals surface area (Å²) in [7, 11) is 0. The molecule has 0 amide bonds. The van der Waals surface area contributed by atoms with Crippen LogP contribution in [0.2, 0.25) is 0 Å². The topological polar surface area (TPSA) is 51.8 Å². The van der Waals surface area contributed by atoms with Gasteiger partial charge in [-0.15, -0.1) is 11.3 Å². The minimum absolute atomic E-state index is 0.438. The van der Waals surface area contributed by atoms with Crippen LogP contribution in [0.4, 0.5) is 0 Å². The lowest BCUT2D eigenvalue weighted by molar-refractivity contribution is 1.01. The standard InChI is InChI=1S/C15H13N3S/c16-10-13-14(11-6-2-1-3-7-11)19-15(18-13)12-8-4-5-9-17-12/h1-9H,10,16H2. The molecule has 0 bridgehead atoms. The van der Waals surface area contributed by atoms with Gasteiger partial charge in [-0.25, -0.2) is 4.98 Å². The van der Waals surface area contributed by atoms with Gasteiger partial charge in [0, 0.05) is 12.7 Å². The number of rotatable bonds is 3. The van der Waals surface area contributed by atoms with Gasteiger partial charge in [0.15, 0.2) is 0 Å². The van der Waals surface area contributed by atoms with E-state index in [1.165, 1.54) is 0 Å². The highest BCUT2D eigenvalue weighted by molar-refractivity contribution is 7.18. The van der Waals surface area contributed by atoms with Gasteiger partial charge >= 0.3 is 0 Å². The molecule has 0 fully saturated rings. The number of aromatic nitrogens is 2. The number of benzene rings is 1. The fraction of sp³-hybridized carbons (Fsp3) is 0.0667. The van der Waals surface area contributed by atoms with E-state index in [-0.39, 0.29) is 0 Å². The molecule has 3 rings (SSSR count). The molecule has 0 atom stereocenters. The Bertz CT molecular complexity index is 662. The fourth-order valence-corrected chi connectivity index (χ4v) is 2.98. The molecule has 3 aromatic rings. The Morgan fingerprint density at radius 2 is 1.79 bits per heavy atom. The smallest absolute Gasteiger partial charge is 0.142 e. The van der Waals surface area contributed by atoms with Crippen LogP contribution >= 0.6 is 11.3 Å². The van der Waals surface area contributed by atoms with Crippen LogP contribution in [0.1, 0.15) is 5.69 Å². The lowest BCUT2D eigenvalue weighted by Crippen LogP contribution is -1.98. The van der Waals surface area contributed by atoms with E-state index in [1.807, 2.05) is 36.4 Å². The first kappa shape index (κ1) is 12.0. The molecule has 4 heteroatoms. The second-order valence-electron chi connectivity index (χ2n) is 4.08. The van der Waals surface area contributed by atoms with Gasteiger partial charge in [0.05, 0.1) is 16.3 Å². The monoisotopic (exact) mass is 267 g/mol. The molecule has 2 heterocycles. The highest BCUT2D eigenvalue weighted by Crippen LogP contribution is 2.34. The summed E-state index contributed by atoms with van der Waals surface area (Å²) < 4.78 is 0. The van der Waals surface area contributed by atoms with Crippen molar-refractivity contribution >= 4 is 11.3 Å². The lowest BCUT2D eigenvalue weighted by atomic mass is 10.1. The number of hydrogen-bond donors (Lipinski definition) is 1. The van der Waals surface area contributed by atoms with E-state index in [0.717, 1.165) is 26.8 Å². The Balaban J connectivity index is 2.09. The third-order valence-corrected chi connectivity index (χ3v) is 3.98. The van der Waals surface area contributed by atoms with Gasteiger partial charge < -0.3 is 5.73 Å². The summed E-state index contributed by atoms with van der Waals surface area (Å²) in [6.45, 7) is 0.438. The van der Waals surface area contributed by atoms with Crippen molar-refractivity contribution in [1.29, 1.82) is 0 Å². The fourth-order valence-electron chi connectivity index (χ4n) is 1.90. The zero-order valence-electron chi connectivity index (χ0n) is 10.3. The molecule has 0 radical (unpaired) electrons. The van der Waals surface area contributed by atoms with E-state index in [1.54, 1.807) is 17.5 Å². The maximum Gasteiger partial charge on any atom is 0.142 e. The van der Waals surface area contributed by atoms with E-state index in [4.69, 9.17) is 5.73 Å². The zero-order valence-corrected chi connectivity index (χ0v) is 11.1. The first-order chi connectivity index (χ1) is 9.38. The van der Waals surface area contributed by atoms with E-state index in [0.29, 0.717) is 6.54 Å². The van der Waals surface area contributed by atoms with Crippen molar-refractivity contribution in [1.82, 2.24) is 9.97 Å². The number of nitrogens with zero attached hydrogens (tertiary/aromatic N) is 2. The van der Waals surface area contributed by atoms with Crippen molar-refractivity contribution in [2.45, 2.75) is 6.54 Å². The normalized spacial score (nSPS) is 10.6. The van der Waals surface area contributed by atoms with E-state index >= 15 is 0 Å². The van der Waals surface area contributed by atoms with Gasteiger partial charge in [-0.2, -0.15) is 0 Å². The number of pyridine rings is 1. The molecule has 19 heavy (non-hydrogen) atoms. The van der Waals surface area contributed by atoms with Crippen LogP contribution in [0.5, 0.6) is 0 Å². The summed E-state index contributed by atoms with van der Waals surface area (Å²) in [6, 6.07) is 16.0. The van der Waals surface area contributed by atoms with E-state index in [2.05, 4.69) is 22.1 Å². The largest absolute Gasteiger partial charge is 0.325 e. The van der Waals surface area contributed by atoms with Crippen molar-refractivity contribution in [2.75, 3.05) is 0 Å². The Labute approximate surface area is 115 Å². The van der Waals surface area contributed by atoms with E-state index in [9.17, 15) is 0 Å². The molecule has 3 nitrogen and oxygen atoms in total. The van der Waals surface area contributed by atoms with E-state index < -0.39 is 0 Å². The summed E-state index contributed by atoms with van der Waals surface area (Å²) >= 11 is 1.64. The minimum atomic E-state index is 0.438. The number of thiazole rings is 1. The molecule has 2 N–H and O–H groups in total. The SMILES string of the molecule is NCc1nc(-c2ccccn2)sc1-c1ccccc1. The van der Waals surface area contributed by atoms with Gasteiger partial charge in [0.25, 0.3) is 0 Å². The second-order valence-corrected chi connectivity index (χ2v) is 5.08. The van der Waals surface area contributed by atoms with Crippen molar-refractivity contribution < 1.29 is 0 Å². The second kappa shape index (κ2) is 5.30. The van der Waals surface area contributed by atoms with Crippen molar-refractivity contribution in [3.8, 4) is 21.1 Å². The summed E-state index contributed by atoms with van der Waals surface area (Å²) in [5, 5.41) is 0.917. The molecule has 1 aromatic carbocycles. The van der Waals surface area contributed by atoms with Crippen LogP contribution < -0.4 is 5.73 Å². The predicted molar refractivity (Wildman–Crippen MR) is 78.7 cm³/mol. The molecule has 0 aliphatic rings. The minimum Gasteiger partial charge on any atom is -0.325 e. The van der Waals surface area contributed by atoms with Gasteiger partial charge in [-0.05, 0) is 17.7 Å². The van der Waals surface area contributed by atoms with Gasteiger partial charge in [0.1, 0.15) is 5.01 Å². The molecular weight excluding hydrogens is 254 g/mol. The molecule has 94 valence electrons. The van der Waals surface area contributed by atoms with Gasteiger partial charge in [0.2, 0.25) is 0 Å². The average Bonchev–Trinajstić information content (AvgIpc) is 2.93. The molecular formula is C15H13N3S. The number of nitrogens with two attached hydrogens (primary N) is 1. The number of hydrogen-bond acceptors (Lipinski definition) is 4. The third kappa shape index (κ3) is 2.41. The maximum absolute atomic E-state index is 5.80. The molecule has 0 unspecified atom stereocenters. The van der Waals surface area contributed by atoms with Gasteiger partial charge in [-0.3, -0.25) is 4.98 Å². The Morgan fingerprint density at radius 3 is 2.47 bits per heavy atom. The van der Waals surface area contributed by atoms with Crippen LogP contribution in [-0.2, 0) is 6.54 Å². The highest BCUT2D eigenvalue weighted by atomic mass is 32.1. The molecule has 0 aliphatic heterocycles. The Morgan fingerprint density at radius 1 is 1.00 bits per heavy atom. The predicted octanol–water partition coefficient (Wildman–Crippen LogP) is 3.33. The van der Waals surface area contributed by atoms with Crippen LogP contribution in [0.3, 0.4) is 0 Å². The van der Waals surface area contributed by atoms with Crippen molar-refractivity contribution in [3.63, 3.8) is 0 Å². The van der Waals surface area contributed by atoms with Crippen LogP contribution in [0, 0.1) is 0 Å². The lowest BCUT2D eigenvalue weighted by Gasteiger charge is -1.98. The summed E-state index contributed by atoms with van der Waals surface area (Å²) in [5.74, 6) is 0. The van der Waals surface area contributed by atoms with Crippen LogP contribution in [0.15, 0.2) is 54.7 Å². The van der Waals surface area contributed by atoms with Crippen LogP contribution in [0.25, 0.3) is 21.1 Å². The zero-order chi connectivity index (χ0) is 13.1.